The second kappa shape index (κ2) is 9.30. The van der Waals surface area contributed by atoms with Gasteiger partial charge in [-0.3, -0.25) is 9.59 Å². The molecule has 23 heavy (non-hydrogen) atoms. The Labute approximate surface area is 138 Å². The number of methoxy groups -OCH3 is 1. The first-order valence-electron chi connectivity index (χ1n) is 8.12. The monoisotopic (exact) mass is 320 g/mol. The summed E-state index contributed by atoms with van der Waals surface area (Å²) in [5, 5.41) is 6.21. The van der Waals surface area contributed by atoms with Crippen molar-refractivity contribution in [2.24, 2.45) is 0 Å². The highest BCUT2D eigenvalue weighted by atomic mass is 16.5. The molecule has 0 heterocycles. The number of benzene rings is 1. The Morgan fingerprint density at radius 2 is 1.78 bits per heavy atom. The molecule has 0 aliphatic rings. The number of carbonyl (C=O) groups is 2. The van der Waals surface area contributed by atoms with Gasteiger partial charge in [0.05, 0.1) is 26.1 Å². The van der Waals surface area contributed by atoms with E-state index in [-0.39, 0.29) is 30.9 Å². The molecule has 0 saturated heterocycles. The molecule has 0 radical (unpaired) electrons. The van der Waals surface area contributed by atoms with Gasteiger partial charge in [0.2, 0.25) is 5.91 Å². The summed E-state index contributed by atoms with van der Waals surface area (Å²) >= 11 is 0. The zero-order valence-electron chi connectivity index (χ0n) is 14.5. The van der Waals surface area contributed by atoms with Crippen molar-refractivity contribution in [1.29, 1.82) is 0 Å². The summed E-state index contributed by atoms with van der Waals surface area (Å²) in [5.41, 5.74) is 0.660. The Morgan fingerprint density at radius 3 is 2.30 bits per heavy atom. The number of hydrogen-bond donors (Lipinski definition) is 2. The van der Waals surface area contributed by atoms with Gasteiger partial charge in [0, 0.05) is 5.54 Å². The zero-order valence-corrected chi connectivity index (χ0v) is 14.5. The first-order valence-corrected chi connectivity index (χ1v) is 8.12. The number of hydrogen-bond acceptors (Lipinski definition) is 4. The minimum Gasteiger partial charge on any atom is -0.469 e. The lowest BCUT2D eigenvalue weighted by Gasteiger charge is -2.32. The van der Waals surface area contributed by atoms with E-state index in [9.17, 15) is 9.59 Å². The summed E-state index contributed by atoms with van der Waals surface area (Å²) in [6.45, 7) is 6.14. The van der Waals surface area contributed by atoms with Crippen molar-refractivity contribution in [3.05, 3.63) is 35.9 Å². The summed E-state index contributed by atoms with van der Waals surface area (Å²) in [4.78, 5) is 23.8. The number of ether oxygens (including phenoxy) is 1. The van der Waals surface area contributed by atoms with Gasteiger partial charge in [-0.15, -0.1) is 0 Å². The Bertz CT molecular complexity index is 498. The standard InChI is InChI=1S/C18H28N2O3/c1-5-18(6-2,12-17(22)23-4)19-13-16(21)20-14(3)15-10-8-7-9-11-15/h7-11,14,19H,5-6,12-13H2,1-4H3,(H,20,21)/t14-/m0/s1. The van der Waals surface area contributed by atoms with E-state index in [4.69, 9.17) is 4.74 Å². The Hall–Kier alpha value is -1.88. The van der Waals surface area contributed by atoms with Gasteiger partial charge in [0.1, 0.15) is 0 Å². The highest BCUT2D eigenvalue weighted by Crippen LogP contribution is 2.20. The number of carbonyl (C=O) groups excluding carboxylic acids is 2. The van der Waals surface area contributed by atoms with Crippen LogP contribution in [0.4, 0.5) is 0 Å². The maximum absolute atomic E-state index is 12.2. The summed E-state index contributed by atoms with van der Waals surface area (Å²) in [7, 11) is 1.38. The van der Waals surface area contributed by atoms with Gasteiger partial charge in [-0.25, -0.2) is 0 Å². The molecule has 2 N–H and O–H groups in total. The second-order valence-corrected chi connectivity index (χ2v) is 5.79. The molecule has 0 bridgehead atoms. The lowest BCUT2D eigenvalue weighted by atomic mass is 9.89. The smallest absolute Gasteiger partial charge is 0.307 e. The van der Waals surface area contributed by atoms with Gasteiger partial charge in [-0.2, -0.15) is 0 Å². The van der Waals surface area contributed by atoms with Crippen LogP contribution in [0, 0.1) is 0 Å². The van der Waals surface area contributed by atoms with Crippen LogP contribution in [0.5, 0.6) is 0 Å². The highest BCUT2D eigenvalue weighted by molar-refractivity contribution is 5.78. The molecule has 0 saturated carbocycles. The molecule has 5 heteroatoms. The molecule has 5 nitrogen and oxygen atoms in total. The predicted molar refractivity (Wildman–Crippen MR) is 90.9 cm³/mol. The van der Waals surface area contributed by atoms with Crippen molar-refractivity contribution in [3.8, 4) is 0 Å². The molecule has 1 aromatic rings. The van der Waals surface area contributed by atoms with Gasteiger partial charge in [-0.05, 0) is 25.3 Å². The van der Waals surface area contributed by atoms with Crippen LogP contribution in [0.25, 0.3) is 0 Å². The average Bonchev–Trinajstić information content (AvgIpc) is 2.59. The molecule has 0 spiro atoms. The SMILES string of the molecule is CCC(CC)(CC(=O)OC)NCC(=O)N[C@@H](C)c1ccccc1. The third-order valence-corrected chi connectivity index (χ3v) is 4.36. The third-order valence-electron chi connectivity index (χ3n) is 4.36. The van der Waals surface area contributed by atoms with Gasteiger partial charge in [-0.1, -0.05) is 44.2 Å². The molecule has 0 fully saturated rings. The van der Waals surface area contributed by atoms with E-state index in [0.717, 1.165) is 18.4 Å². The Morgan fingerprint density at radius 1 is 1.17 bits per heavy atom. The minimum absolute atomic E-state index is 0.0521. The van der Waals surface area contributed by atoms with Crippen molar-refractivity contribution in [2.75, 3.05) is 13.7 Å². The van der Waals surface area contributed by atoms with Gasteiger partial charge in [0.15, 0.2) is 0 Å². The number of rotatable bonds is 9. The lowest BCUT2D eigenvalue weighted by Crippen LogP contribution is -2.50. The fourth-order valence-corrected chi connectivity index (χ4v) is 2.55. The molecule has 128 valence electrons. The predicted octanol–water partition coefficient (Wildman–Crippen LogP) is 2.58. The molecular formula is C18H28N2O3. The Kier molecular flexibility index (Phi) is 7.75. The molecule has 0 aliphatic heterocycles. The normalized spacial score (nSPS) is 12.5. The van der Waals surface area contributed by atoms with E-state index in [1.165, 1.54) is 7.11 Å². The molecule has 0 aliphatic carbocycles. The molecule has 0 unspecified atom stereocenters. The third kappa shape index (κ3) is 6.02. The van der Waals surface area contributed by atoms with Crippen molar-refractivity contribution in [1.82, 2.24) is 10.6 Å². The van der Waals surface area contributed by atoms with Crippen LogP contribution in [0.2, 0.25) is 0 Å². The molecule has 1 rings (SSSR count). The first-order chi connectivity index (χ1) is 11.0. The quantitative estimate of drug-likeness (QED) is 0.686. The van der Waals surface area contributed by atoms with E-state index in [2.05, 4.69) is 10.6 Å². The van der Waals surface area contributed by atoms with Crippen LogP contribution in [0.3, 0.4) is 0 Å². The highest BCUT2D eigenvalue weighted by Gasteiger charge is 2.29. The van der Waals surface area contributed by atoms with Crippen molar-refractivity contribution in [2.45, 2.75) is 51.6 Å². The fourth-order valence-electron chi connectivity index (χ4n) is 2.55. The van der Waals surface area contributed by atoms with Gasteiger partial charge in [0.25, 0.3) is 0 Å². The molecule has 1 amide bonds. The van der Waals surface area contributed by atoms with E-state index in [0.29, 0.717) is 0 Å². The van der Waals surface area contributed by atoms with Crippen LogP contribution < -0.4 is 10.6 Å². The van der Waals surface area contributed by atoms with Crippen LogP contribution in [-0.4, -0.2) is 31.1 Å². The summed E-state index contributed by atoms with van der Waals surface area (Å²) in [5.74, 6) is -0.350. The first kappa shape index (κ1) is 19.2. The van der Waals surface area contributed by atoms with Gasteiger partial charge >= 0.3 is 5.97 Å². The van der Waals surface area contributed by atoms with Crippen LogP contribution in [-0.2, 0) is 14.3 Å². The summed E-state index contributed by atoms with van der Waals surface area (Å²) in [6, 6.07) is 9.76. The van der Waals surface area contributed by atoms with Gasteiger partial charge < -0.3 is 15.4 Å². The maximum atomic E-state index is 12.2. The fraction of sp³-hybridized carbons (Fsp3) is 0.556. The molecule has 1 aromatic carbocycles. The van der Waals surface area contributed by atoms with Crippen molar-refractivity contribution in [3.63, 3.8) is 0 Å². The van der Waals surface area contributed by atoms with E-state index < -0.39 is 5.54 Å². The molecule has 0 aromatic heterocycles. The van der Waals surface area contributed by atoms with Crippen molar-refractivity contribution >= 4 is 11.9 Å². The van der Waals surface area contributed by atoms with Crippen LogP contribution >= 0.6 is 0 Å². The Balaban J connectivity index is 2.57. The summed E-state index contributed by atoms with van der Waals surface area (Å²) < 4.78 is 4.76. The average molecular weight is 320 g/mol. The van der Waals surface area contributed by atoms with E-state index >= 15 is 0 Å². The number of nitrogens with one attached hydrogen (secondary N) is 2. The number of esters is 1. The molecule has 1 atom stereocenters. The zero-order chi connectivity index (χ0) is 17.3. The topological polar surface area (TPSA) is 67.4 Å². The van der Waals surface area contributed by atoms with E-state index in [1.54, 1.807) is 0 Å². The summed E-state index contributed by atoms with van der Waals surface area (Å²) in [6.07, 6.45) is 1.76. The van der Waals surface area contributed by atoms with E-state index in [1.807, 2.05) is 51.1 Å². The number of amides is 1. The second-order valence-electron chi connectivity index (χ2n) is 5.79. The van der Waals surface area contributed by atoms with Crippen LogP contribution in [0.15, 0.2) is 30.3 Å². The largest absolute Gasteiger partial charge is 0.469 e. The lowest BCUT2D eigenvalue weighted by molar-refractivity contribution is -0.142. The van der Waals surface area contributed by atoms with Crippen LogP contribution in [0.1, 0.15) is 51.6 Å². The van der Waals surface area contributed by atoms with Crippen molar-refractivity contribution < 1.29 is 14.3 Å². The maximum Gasteiger partial charge on any atom is 0.307 e. The molecular weight excluding hydrogens is 292 g/mol. The minimum atomic E-state index is -0.402.